The highest BCUT2D eigenvalue weighted by Crippen LogP contribution is 2.05. The maximum Gasteiger partial charge on any atom is 0.127 e. The average Bonchev–Trinajstić information content (AvgIpc) is 2.50. The van der Waals surface area contributed by atoms with Gasteiger partial charge in [0, 0.05) is 12.1 Å². The summed E-state index contributed by atoms with van der Waals surface area (Å²) in [5.41, 5.74) is 0.756. The van der Waals surface area contributed by atoms with E-state index in [4.69, 9.17) is 0 Å². The first-order valence-corrected chi connectivity index (χ1v) is 8.44. The largest absolute Gasteiger partial charge is 0.313 e. The molecule has 0 aliphatic heterocycles. The zero-order valence-corrected chi connectivity index (χ0v) is 16.2. The molecule has 1 N–H and O–H groups in total. The van der Waals surface area contributed by atoms with Gasteiger partial charge in [0.1, 0.15) is 5.82 Å². The van der Waals surface area contributed by atoms with E-state index >= 15 is 0 Å². The molecule has 0 fully saturated rings. The fourth-order valence-corrected chi connectivity index (χ4v) is 2.39. The second kappa shape index (κ2) is 16.5. The van der Waals surface area contributed by atoms with Gasteiger partial charge in [-0.1, -0.05) is 44.9 Å². The summed E-state index contributed by atoms with van der Waals surface area (Å²) in [4.78, 5) is 2.57. The van der Waals surface area contributed by atoms with Crippen molar-refractivity contribution in [2.75, 3.05) is 26.2 Å². The highest BCUT2D eigenvalue weighted by Gasteiger charge is 2.04. The van der Waals surface area contributed by atoms with Crippen LogP contribution in [0.25, 0.3) is 0 Å². The molecule has 0 atom stereocenters. The van der Waals surface area contributed by atoms with Crippen molar-refractivity contribution in [3.05, 3.63) is 35.6 Å². The van der Waals surface area contributed by atoms with Crippen LogP contribution < -0.4 is 5.32 Å². The molecular weight excluding hydrogens is 334 g/mol. The summed E-state index contributed by atoms with van der Waals surface area (Å²) in [6.07, 6.45) is 6.21. The minimum Gasteiger partial charge on any atom is -0.313 e. The minimum atomic E-state index is -0.113. The van der Waals surface area contributed by atoms with Gasteiger partial charge in [-0.15, -0.1) is 24.8 Å². The number of nitrogens with zero attached hydrogens (tertiary/aromatic N) is 1. The molecule has 0 spiro atoms. The third-order valence-corrected chi connectivity index (χ3v) is 3.76. The molecule has 0 radical (unpaired) electrons. The van der Waals surface area contributed by atoms with Crippen LogP contribution >= 0.6 is 24.8 Å². The molecule has 0 aliphatic rings. The fraction of sp³-hybridized carbons (Fsp3) is 0.667. The minimum absolute atomic E-state index is 0. The Labute approximate surface area is 154 Å². The van der Waals surface area contributed by atoms with E-state index in [-0.39, 0.29) is 30.6 Å². The average molecular weight is 367 g/mol. The number of hydrogen-bond acceptors (Lipinski definition) is 2. The zero-order chi connectivity index (χ0) is 15.3. The van der Waals surface area contributed by atoms with Crippen molar-refractivity contribution in [2.45, 2.75) is 52.5 Å². The second-order valence-corrected chi connectivity index (χ2v) is 5.67. The lowest BCUT2D eigenvalue weighted by molar-refractivity contribution is 0.261. The lowest BCUT2D eigenvalue weighted by atomic mass is 10.2. The fourth-order valence-electron chi connectivity index (χ4n) is 2.39. The number of hydrogen-bond donors (Lipinski definition) is 1. The Morgan fingerprint density at radius 3 is 2.04 bits per heavy atom. The maximum atomic E-state index is 13.5. The Morgan fingerprint density at radius 1 is 0.913 bits per heavy atom. The van der Waals surface area contributed by atoms with Crippen LogP contribution in [0.5, 0.6) is 0 Å². The quantitative estimate of drug-likeness (QED) is 0.520. The van der Waals surface area contributed by atoms with E-state index in [2.05, 4.69) is 24.1 Å². The molecular formula is C18H33Cl2FN2. The lowest BCUT2D eigenvalue weighted by Gasteiger charge is -2.22. The number of rotatable bonds is 12. The summed E-state index contributed by atoms with van der Waals surface area (Å²) < 4.78 is 13.5. The molecule has 136 valence electrons. The van der Waals surface area contributed by atoms with Gasteiger partial charge < -0.3 is 10.2 Å². The van der Waals surface area contributed by atoms with E-state index in [1.807, 2.05) is 12.1 Å². The molecule has 1 rings (SSSR count). The van der Waals surface area contributed by atoms with Crippen LogP contribution in [-0.2, 0) is 6.54 Å². The van der Waals surface area contributed by atoms with Gasteiger partial charge in [-0.05, 0) is 51.5 Å². The lowest BCUT2D eigenvalue weighted by Crippen LogP contribution is -2.29. The Hall–Kier alpha value is -0.350. The molecule has 0 aliphatic carbocycles. The summed E-state index contributed by atoms with van der Waals surface area (Å²) >= 11 is 0. The van der Waals surface area contributed by atoms with E-state index < -0.39 is 0 Å². The predicted octanol–water partition coefficient (Wildman–Crippen LogP) is 5.05. The molecule has 0 unspecified atom stereocenters. The molecule has 0 heterocycles. The highest BCUT2D eigenvalue weighted by atomic mass is 35.5. The van der Waals surface area contributed by atoms with Crippen LogP contribution in [0.3, 0.4) is 0 Å². The third-order valence-electron chi connectivity index (χ3n) is 3.76. The molecule has 0 bridgehead atoms. The molecule has 1 aromatic rings. The second-order valence-electron chi connectivity index (χ2n) is 5.67. The number of nitrogens with one attached hydrogen (secondary N) is 1. The topological polar surface area (TPSA) is 15.3 Å². The summed E-state index contributed by atoms with van der Waals surface area (Å²) in [6.45, 7) is 9.62. The van der Waals surface area contributed by atoms with Gasteiger partial charge in [0.25, 0.3) is 0 Å². The van der Waals surface area contributed by atoms with Crippen LogP contribution in [0, 0.1) is 5.82 Å². The normalized spacial score (nSPS) is 10.3. The molecule has 23 heavy (non-hydrogen) atoms. The van der Waals surface area contributed by atoms with Gasteiger partial charge in [-0.3, -0.25) is 0 Å². The third kappa shape index (κ3) is 11.8. The van der Waals surface area contributed by atoms with Crippen molar-refractivity contribution in [3.8, 4) is 0 Å². The van der Waals surface area contributed by atoms with Crippen molar-refractivity contribution < 1.29 is 4.39 Å². The zero-order valence-electron chi connectivity index (χ0n) is 14.5. The van der Waals surface area contributed by atoms with Gasteiger partial charge in [0.05, 0.1) is 0 Å². The van der Waals surface area contributed by atoms with E-state index in [9.17, 15) is 4.39 Å². The monoisotopic (exact) mass is 366 g/mol. The Morgan fingerprint density at radius 2 is 1.48 bits per heavy atom. The number of unbranched alkanes of at least 4 members (excludes halogenated alkanes) is 2. The summed E-state index contributed by atoms with van der Waals surface area (Å²) in [7, 11) is 0. The van der Waals surface area contributed by atoms with Gasteiger partial charge in [-0.25, -0.2) is 4.39 Å². The molecule has 5 heteroatoms. The van der Waals surface area contributed by atoms with Crippen LogP contribution in [0.2, 0.25) is 0 Å². The first-order chi connectivity index (χ1) is 10.3. The molecule has 0 saturated heterocycles. The van der Waals surface area contributed by atoms with E-state index in [1.54, 1.807) is 6.07 Å². The Balaban J connectivity index is 0. The van der Waals surface area contributed by atoms with Gasteiger partial charge in [-0.2, -0.15) is 0 Å². The van der Waals surface area contributed by atoms with Gasteiger partial charge >= 0.3 is 0 Å². The van der Waals surface area contributed by atoms with E-state index in [0.29, 0.717) is 6.54 Å². The Kier molecular flexibility index (Phi) is 17.9. The van der Waals surface area contributed by atoms with Crippen molar-refractivity contribution in [2.24, 2.45) is 0 Å². The van der Waals surface area contributed by atoms with Crippen LogP contribution in [-0.4, -0.2) is 31.1 Å². The Bertz CT molecular complexity index is 370. The SMILES string of the molecule is CCCCN(CCCC)CCCNCc1ccccc1F.Cl.Cl. The smallest absolute Gasteiger partial charge is 0.127 e. The standard InChI is InChI=1S/C18H31FN2.2ClH/c1-3-5-13-21(14-6-4-2)15-9-12-20-16-17-10-7-8-11-18(17)19;;/h7-8,10-11,20H,3-6,9,12-16H2,1-2H3;2*1H. The van der Waals surface area contributed by atoms with Crippen molar-refractivity contribution in [3.63, 3.8) is 0 Å². The highest BCUT2D eigenvalue weighted by molar-refractivity contribution is 5.85. The van der Waals surface area contributed by atoms with Crippen molar-refractivity contribution in [1.29, 1.82) is 0 Å². The van der Waals surface area contributed by atoms with Crippen LogP contribution in [0.15, 0.2) is 24.3 Å². The first kappa shape index (κ1) is 24.9. The molecule has 2 nitrogen and oxygen atoms in total. The van der Waals surface area contributed by atoms with E-state index in [0.717, 1.165) is 25.1 Å². The first-order valence-electron chi connectivity index (χ1n) is 8.44. The molecule has 1 aromatic carbocycles. The van der Waals surface area contributed by atoms with Crippen molar-refractivity contribution >= 4 is 24.8 Å². The maximum absolute atomic E-state index is 13.5. The molecule has 0 aromatic heterocycles. The van der Waals surface area contributed by atoms with Crippen molar-refractivity contribution in [1.82, 2.24) is 10.2 Å². The summed E-state index contributed by atoms with van der Waals surface area (Å²) in [5, 5.41) is 3.34. The van der Waals surface area contributed by atoms with E-state index in [1.165, 1.54) is 44.8 Å². The van der Waals surface area contributed by atoms with Crippen LogP contribution in [0.4, 0.5) is 4.39 Å². The number of halogens is 3. The number of benzene rings is 1. The summed E-state index contributed by atoms with van der Waals surface area (Å²) in [6, 6.07) is 6.99. The van der Waals surface area contributed by atoms with Crippen LogP contribution in [0.1, 0.15) is 51.5 Å². The van der Waals surface area contributed by atoms with Gasteiger partial charge in [0.15, 0.2) is 0 Å². The molecule has 0 amide bonds. The predicted molar refractivity (Wildman–Crippen MR) is 103 cm³/mol. The van der Waals surface area contributed by atoms with Gasteiger partial charge in [0.2, 0.25) is 0 Å². The molecule has 0 saturated carbocycles. The summed E-state index contributed by atoms with van der Waals surface area (Å²) in [5.74, 6) is -0.113.